The van der Waals surface area contributed by atoms with Gasteiger partial charge in [0, 0.05) is 45.1 Å². The van der Waals surface area contributed by atoms with Gasteiger partial charge in [-0.15, -0.1) is 0 Å². The Morgan fingerprint density at radius 2 is 0.648 bits per heavy atom. The Kier molecular flexibility index (Phi) is 6.02. The third kappa shape index (κ3) is 4.08. The molecule has 0 unspecified atom stereocenters. The van der Waals surface area contributed by atoms with Gasteiger partial charge in [-0.3, -0.25) is 9.13 Å². The molecule has 4 heterocycles. The molecule has 12 rings (SSSR count). The van der Waals surface area contributed by atoms with Gasteiger partial charge in [0.2, 0.25) is 0 Å². The van der Waals surface area contributed by atoms with Gasteiger partial charge in [-0.1, -0.05) is 121 Å². The maximum absolute atomic E-state index is 5.07. The maximum atomic E-state index is 5.07. The molecule has 4 heteroatoms. The number of fused-ring (bicyclic) bond motifs is 6. The Morgan fingerprint density at radius 3 is 1.00 bits per heavy atom. The fourth-order valence-corrected chi connectivity index (χ4v) is 9.00. The van der Waals surface area contributed by atoms with Gasteiger partial charge in [-0.2, -0.15) is 0 Å². The molecule has 8 aromatic carbocycles. The van der Waals surface area contributed by atoms with Gasteiger partial charge in [0.15, 0.2) is 0 Å². The van der Waals surface area contributed by atoms with Crippen molar-refractivity contribution in [2.45, 2.75) is 0 Å². The first-order valence-electron chi connectivity index (χ1n) is 18.4. The van der Waals surface area contributed by atoms with Crippen molar-refractivity contribution in [3.8, 4) is 33.9 Å². The Labute approximate surface area is 310 Å². The Hall–Kier alpha value is -7.30. The molecule has 0 aliphatic heterocycles. The summed E-state index contributed by atoms with van der Waals surface area (Å²) in [6.45, 7) is 0. The molecule has 0 N–H and O–H groups in total. The minimum absolute atomic E-state index is 0.913. The molecule has 250 valence electrons. The van der Waals surface area contributed by atoms with Gasteiger partial charge in [0.25, 0.3) is 0 Å². The van der Waals surface area contributed by atoms with Crippen LogP contribution in [0.2, 0.25) is 0 Å². The first kappa shape index (κ1) is 29.3. The van der Waals surface area contributed by atoms with Crippen LogP contribution in [0.25, 0.3) is 110 Å². The zero-order valence-electron chi connectivity index (χ0n) is 29.1. The van der Waals surface area contributed by atoms with Crippen molar-refractivity contribution >= 4 is 75.9 Å². The second-order valence-electron chi connectivity index (χ2n) is 14.2. The summed E-state index contributed by atoms with van der Waals surface area (Å²) in [5.41, 5.74) is 9.21. The predicted molar refractivity (Wildman–Crippen MR) is 225 cm³/mol. The molecule has 0 bridgehead atoms. The van der Waals surface area contributed by atoms with E-state index in [2.05, 4.69) is 179 Å². The number of para-hydroxylation sites is 4. The lowest BCUT2D eigenvalue weighted by Gasteiger charge is -2.17. The van der Waals surface area contributed by atoms with Gasteiger partial charge >= 0.3 is 0 Å². The van der Waals surface area contributed by atoms with Crippen molar-refractivity contribution in [2.75, 3.05) is 0 Å². The molecule has 0 spiro atoms. The summed E-state index contributed by atoms with van der Waals surface area (Å²) in [4.78, 5) is 10.1. The molecule has 0 atom stereocenters. The summed E-state index contributed by atoms with van der Waals surface area (Å²) >= 11 is 0. The molecular formula is C50H30N4. The third-order valence-corrected chi connectivity index (χ3v) is 11.4. The first-order valence-corrected chi connectivity index (χ1v) is 18.4. The monoisotopic (exact) mass is 686 g/mol. The van der Waals surface area contributed by atoms with E-state index in [4.69, 9.17) is 9.97 Å². The Balaban J connectivity index is 0.975. The van der Waals surface area contributed by atoms with Crippen molar-refractivity contribution in [1.82, 2.24) is 19.1 Å². The highest BCUT2D eigenvalue weighted by Crippen LogP contribution is 2.43. The lowest BCUT2D eigenvalue weighted by molar-refractivity contribution is 1.08. The molecule has 0 radical (unpaired) electrons. The summed E-state index contributed by atoms with van der Waals surface area (Å²) in [6, 6.07) is 61.1. The molecule has 12 aromatic rings. The normalized spacial score (nSPS) is 12.1. The molecule has 4 aromatic heterocycles. The smallest absolute Gasteiger partial charge is 0.137 e. The van der Waals surface area contributed by atoms with E-state index in [-0.39, 0.29) is 0 Å². The van der Waals surface area contributed by atoms with Crippen LogP contribution in [0.1, 0.15) is 0 Å². The quantitative estimate of drug-likeness (QED) is 0.173. The number of aromatic nitrogens is 4. The highest BCUT2D eigenvalue weighted by atomic mass is 15.1. The van der Waals surface area contributed by atoms with Crippen LogP contribution in [0.4, 0.5) is 0 Å². The highest BCUT2D eigenvalue weighted by Gasteiger charge is 2.18. The molecule has 4 nitrogen and oxygen atoms in total. The van der Waals surface area contributed by atoms with E-state index in [0.29, 0.717) is 0 Å². The van der Waals surface area contributed by atoms with E-state index in [1.807, 2.05) is 12.4 Å². The summed E-state index contributed by atoms with van der Waals surface area (Å²) in [5.74, 6) is 1.83. The number of hydrogen-bond acceptors (Lipinski definition) is 2. The fraction of sp³-hybridized carbons (Fsp3) is 0. The second-order valence-corrected chi connectivity index (χ2v) is 14.2. The second kappa shape index (κ2) is 11.1. The number of benzene rings is 8. The van der Waals surface area contributed by atoms with Crippen molar-refractivity contribution < 1.29 is 0 Å². The van der Waals surface area contributed by atoms with Gasteiger partial charge in [0.1, 0.15) is 11.6 Å². The third-order valence-electron chi connectivity index (χ3n) is 11.4. The predicted octanol–water partition coefficient (Wildman–Crippen LogP) is 12.9. The molecule has 0 saturated carbocycles. The first-order chi connectivity index (χ1) is 26.8. The largest absolute Gasteiger partial charge is 0.294 e. The van der Waals surface area contributed by atoms with Crippen molar-refractivity contribution in [2.24, 2.45) is 0 Å². The van der Waals surface area contributed by atoms with E-state index >= 15 is 0 Å². The van der Waals surface area contributed by atoms with Gasteiger partial charge in [0.05, 0.1) is 22.1 Å². The maximum Gasteiger partial charge on any atom is 0.137 e. The number of hydrogen-bond donors (Lipinski definition) is 0. The van der Waals surface area contributed by atoms with E-state index in [1.165, 1.54) is 65.0 Å². The van der Waals surface area contributed by atoms with E-state index in [9.17, 15) is 0 Å². The van der Waals surface area contributed by atoms with Crippen LogP contribution in [-0.4, -0.2) is 19.1 Å². The molecule has 0 saturated heterocycles. The SMILES string of the molecule is c1ccc2c(c1)c1ccccc1n2-c1ccc(-c2ccc3ccc4c(-c5ccc(-n6c7ccccc7c7ccccc76)nc5)ccc5ccc2c3c54)cn1. The van der Waals surface area contributed by atoms with E-state index in [1.54, 1.807) is 0 Å². The van der Waals surface area contributed by atoms with Crippen molar-refractivity contribution in [3.63, 3.8) is 0 Å². The number of pyridine rings is 2. The highest BCUT2D eigenvalue weighted by molar-refractivity contribution is 6.27. The van der Waals surface area contributed by atoms with E-state index in [0.717, 1.165) is 44.8 Å². The lowest BCUT2D eigenvalue weighted by atomic mass is 9.87. The molecule has 0 aliphatic rings. The summed E-state index contributed by atoms with van der Waals surface area (Å²) in [5, 5.41) is 12.4. The molecule has 0 aliphatic carbocycles. The number of rotatable bonds is 4. The topological polar surface area (TPSA) is 35.6 Å². The molecule has 54 heavy (non-hydrogen) atoms. The summed E-state index contributed by atoms with van der Waals surface area (Å²) in [7, 11) is 0. The summed E-state index contributed by atoms with van der Waals surface area (Å²) in [6.07, 6.45) is 4.06. The van der Waals surface area contributed by atoms with Crippen LogP contribution in [0, 0.1) is 0 Å². The standard InChI is InChI=1S/C50H30N4/c1-5-13-43-37(9-1)38-10-2-6-14-44(38)53(43)47-27-21-33(29-51-47)35-23-17-31-20-26-42-36(24-18-32-19-25-41(35)49(31)50(32)42)34-22-28-48(52-30-34)54-45-15-7-3-11-39(45)40-12-4-8-16-46(40)54/h1-30H. The van der Waals surface area contributed by atoms with Crippen LogP contribution in [0.15, 0.2) is 182 Å². The minimum atomic E-state index is 0.913. The van der Waals surface area contributed by atoms with Crippen LogP contribution in [0.5, 0.6) is 0 Å². The van der Waals surface area contributed by atoms with E-state index < -0.39 is 0 Å². The van der Waals surface area contributed by atoms with Crippen molar-refractivity contribution in [3.05, 3.63) is 182 Å². The van der Waals surface area contributed by atoms with Crippen LogP contribution < -0.4 is 0 Å². The average Bonchev–Trinajstić information content (AvgIpc) is 3.76. The lowest BCUT2D eigenvalue weighted by Crippen LogP contribution is -1.97. The van der Waals surface area contributed by atoms with Crippen LogP contribution in [-0.2, 0) is 0 Å². The van der Waals surface area contributed by atoms with Crippen LogP contribution in [0.3, 0.4) is 0 Å². The van der Waals surface area contributed by atoms with Crippen LogP contribution >= 0.6 is 0 Å². The summed E-state index contributed by atoms with van der Waals surface area (Å²) < 4.78 is 4.54. The molecule has 0 fully saturated rings. The Bertz CT molecular complexity index is 3090. The average molecular weight is 687 g/mol. The van der Waals surface area contributed by atoms with Gasteiger partial charge in [-0.25, -0.2) is 9.97 Å². The minimum Gasteiger partial charge on any atom is -0.294 e. The zero-order chi connectivity index (χ0) is 35.3. The number of nitrogens with zero attached hydrogens (tertiary/aromatic N) is 4. The Morgan fingerprint density at radius 1 is 0.296 bits per heavy atom. The van der Waals surface area contributed by atoms with Gasteiger partial charge < -0.3 is 0 Å². The van der Waals surface area contributed by atoms with Gasteiger partial charge in [-0.05, 0) is 92.0 Å². The molecular weight excluding hydrogens is 657 g/mol. The zero-order valence-corrected chi connectivity index (χ0v) is 29.1. The molecule has 0 amide bonds. The fourth-order valence-electron chi connectivity index (χ4n) is 9.00. The van der Waals surface area contributed by atoms with Crippen molar-refractivity contribution in [1.29, 1.82) is 0 Å².